The monoisotopic (exact) mass is 395 g/mol. The van der Waals surface area contributed by atoms with Gasteiger partial charge in [-0.15, -0.1) is 10.2 Å². The number of thiazole rings is 1. The van der Waals surface area contributed by atoms with E-state index in [9.17, 15) is 13.2 Å². The summed E-state index contributed by atoms with van der Waals surface area (Å²) >= 11 is 1.44. The van der Waals surface area contributed by atoms with E-state index in [0.29, 0.717) is 5.52 Å². The molecule has 1 saturated heterocycles. The van der Waals surface area contributed by atoms with Crippen molar-refractivity contribution in [2.24, 2.45) is 0 Å². The van der Waals surface area contributed by atoms with Crippen LogP contribution in [0.25, 0.3) is 10.2 Å². The number of hydrogen-bond donors (Lipinski definition) is 0. The molecule has 9 heteroatoms. The molecule has 4 rings (SSSR count). The third-order valence-corrected chi connectivity index (χ3v) is 6.01. The van der Waals surface area contributed by atoms with Crippen LogP contribution in [0, 0.1) is 0 Å². The Morgan fingerprint density at radius 2 is 2.07 bits per heavy atom. The quantitative estimate of drug-likeness (QED) is 0.635. The van der Waals surface area contributed by atoms with Gasteiger partial charge in [0.05, 0.1) is 15.8 Å². The highest BCUT2D eigenvalue weighted by Crippen LogP contribution is 2.37. The highest BCUT2D eigenvalue weighted by molar-refractivity contribution is 7.22. The summed E-state index contributed by atoms with van der Waals surface area (Å²) in [4.78, 5) is 6.64. The normalized spacial score (nSPS) is 18.6. The Hall–Kier alpha value is -2.16. The fourth-order valence-electron chi connectivity index (χ4n) is 3.53. The molecule has 0 saturated carbocycles. The van der Waals surface area contributed by atoms with Crippen molar-refractivity contribution in [2.75, 3.05) is 18.0 Å². The summed E-state index contributed by atoms with van der Waals surface area (Å²) in [6, 6.07) is 4.05. The maximum atomic E-state index is 12.9. The summed E-state index contributed by atoms with van der Waals surface area (Å²) in [6.07, 6.45) is -0.589. The van der Waals surface area contributed by atoms with Crippen LogP contribution in [-0.2, 0) is 6.18 Å². The van der Waals surface area contributed by atoms with E-state index in [4.69, 9.17) is 0 Å². The molecule has 3 aromatic rings. The standard InChI is InChI=1S/C18H20F3N5S/c1-11(2)26-10-22-24-16(26)12-4-3-7-25(9-12)17-23-14-8-13(18(19,20)21)5-6-15(14)27-17/h5-6,8,10-12H,3-4,7,9H2,1-2H3. The summed E-state index contributed by atoms with van der Waals surface area (Å²) in [5.41, 5.74) is -0.259. The highest BCUT2D eigenvalue weighted by atomic mass is 32.1. The van der Waals surface area contributed by atoms with Crippen molar-refractivity contribution < 1.29 is 13.2 Å². The molecule has 0 amide bonds. The van der Waals surface area contributed by atoms with E-state index >= 15 is 0 Å². The van der Waals surface area contributed by atoms with E-state index in [1.807, 2.05) is 0 Å². The van der Waals surface area contributed by atoms with Gasteiger partial charge in [-0.3, -0.25) is 0 Å². The second-order valence-electron chi connectivity index (χ2n) is 7.15. The lowest BCUT2D eigenvalue weighted by Gasteiger charge is -2.32. The van der Waals surface area contributed by atoms with E-state index in [1.54, 1.807) is 6.33 Å². The predicted octanol–water partition coefficient (Wildman–Crippen LogP) is 4.87. The molecule has 1 aromatic carbocycles. The number of fused-ring (bicyclic) bond motifs is 1. The van der Waals surface area contributed by atoms with E-state index in [-0.39, 0.29) is 12.0 Å². The van der Waals surface area contributed by atoms with Crippen LogP contribution in [0.15, 0.2) is 24.5 Å². The van der Waals surface area contributed by atoms with Gasteiger partial charge < -0.3 is 9.47 Å². The van der Waals surface area contributed by atoms with Gasteiger partial charge >= 0.3 is 6.18 Å². The van der Waals surface area contributed by atoms with Gasteiger partial charge in [0.2, 0.25) is 0 Å². The molecule has 3 heterocycles. The number of nitrogens with zero attached hydrogens (tertiary/aromatic N) is 5. The van der Waals surface area contributed by atoms with Crippen LogP contribution in [0.3, 0.4) is 0 Å². The van der Waals surface area contributed by atoms with Crippen molar-refractivity contribution in [1.82, 2.24) is 19.7 Å². The average molecular weight is 395 g/mol. The summed E-state index contributed by atoms with van der Waals surface area (Å²) in [5.74, 6) is 1.21. The highest BCUT2D eigenvalue weighted by Gasteiger charge is 2.31. The first kappa shape index (κ1) is 18.2. The van der Waals surface area contributed by atoms with Crippen molar-refractivity contribution >= 4 is 26.7 Å². The molecular weight excluding hydrogens is 375 g/mol. The van der Waals surface area contributed by atoms with Gasteiger partial charge in [-0.25, -0.2) is 4.98 Å². The zero-order valence-corrected chi connectivity index (χ0v) is 15.9. The van der Waals surface area contributed by atoms with Crippen LogP contribution >= 0.6 is 11.3 Å². The number of benzene rings is 1. The third kappa shape index (κ3) is 3.52. The number of piperidine rings is 1. The number of halogens is 3. The summed E-state index contributed by atoms with van der Waals surface area (Å²) in [6.45, 7) is 5.79. The molecule has 27 heavy (non-hydrogen) atoms. The average Bonchev–Trinajstić information content (AvgIpc) is 3.27. The Morgan fingerprint density at radius 1 is 1.26 bits per heavy atom. The van der Waals surface area contributed by atoms with Crippen molar-refractivity contribution in [1.29, 1.82) is 0 Å². The molecule has 1 unspecified atom stereocenters. The van der Waals surface area contributed by atoms with Crippen molar-refractivity contribution in [3.8, 4) is 0 Å². The molecule has 1 aliphatic rings. The van der Waals surface area contributed by atoms with E-state index in [2.05, 4.69) is 38.5 Å². The first-order valence-corrected chi connectivity index (χ1v) is 9.76. The first-order chi connectivity index (χ1) is 12.8. The molecule has 0 spiro atoms. The van der Waals surface area contributed by atoms with Crippen LogP contribution in [-0.4, -0.2) is 32.8 Å². The minimum absolute atomic E-state index is 0.237. The topological polar surface area (TPSA) is 46.8 Å². The van der Waals surface area contributed by atoms with E-state index in [1.165, 1.54) is 17.4 Å². The third-order valence-electron chi connectivity index (χ3n) is 4.92. The Kier molecular flexibility index (Phi) is 4.57. The lowest BCUT2D eigenvalue weighted by atomic mass is 9.97. The summed E-state index contributed by atoms with van der Waals surface area (Å²) in [7, 11) is 0. The zero-order chi connectivity index (χ0) is 19.2. The number of aromatic nitrogens is 4. The van der Waals surface area contributed by atoms with Crippen molar-refractivity contribution in [3.05, 3.63) is 35.9 Å². The molecule has 5 nitrogen and oxygen atoms in total. The molecule has 1 aliphatic heterocycles. The minimum atomic E-state index is -4.35. The van der Waals surface area contributed by atoms with Crippen LogP contribution in [0.1, 0.15) is 50.0 Å². The Morgan fingerprint density at radius 3 is 2.81 bits per heavy atom. The molecule has 1 fully saturated rings. The lowest BCUT2D eigenvalue weighted by molar-refractivity contribution is -0.137. The minimum Gasteiger partial charge on any atom is -0.347 e. The largest absolute Gasteiger partial charge is 0.416 e. The Labute approximate surface area is 158 Å². The van der Waals surface area contributed by atoms with Gasteiger partial charge in [-0.2, -0.15) is 13.2 Å². The SMILES string of the molecule is CC(C)n1cnnc1C1CCCN(c2nc3cc(C(F)(F)F)ccc3s2)C1. The van der Waals surface area contributed by atoms with Gasteiger partial charge in [-0.1, -0.05) is 11.3 Å². The van der Waals surface area contributed by atoms with Crippen LogP contribution in [0.2, 0.25) is 0 Å². The zero-order valence-electron chi connectivity index (χ0n) is 15.1. The Balaban J connectivity index is 1.60. The number of hydrogen-bond acceptors (Lipinski definition) is 5. The number of rotatable bonds is 3. The van der Waals surface area contributed by atoms with Gasteiger partial charge in [0.15, 0.2) is 5.13 Å². The van der Waals surface area contributed by atoms with Gasteiger partial charge in [0.25, 0.3) is 0 Å². The van der Waals surface area contributed by atoms with Crippen LogP contribution < -0.4 is 4.90 Å². The molecule has 0 N–H and O–H groups in total. The fraction of sp³-hybridized carbons (Fsp3) is 0.500. The first-order valence-electron chi connectivity index (χ1n) is 8.95. The molecule has 1 atom stereocenters. The molecule has 0 bridgehead atoms. The molecule has 2 aromatic heterocycles. The molecule has 144 valence electrons. The molecular formula is C18H20F3N5S. The lowest BCUT2D eigenvalue weighted by Crippen LogP contribution is -2.35. The van der Waals surface area contributed by atoms with Gasteiger partial charge in [0.1, 0.15) is 12.2 Å². The van der Waals surface area contributed by atoms with Crippen molar-refractivity contribution in [2.45, 2.75) is 44.8 Å². The van der Waals surface area contributed by atoms with Crippen LogP contribution in [0.4, 0.5) is 18.3 Å². The molecule has 0 radical (unpaired) electrons. The van der Waals surface area contributed by atoms with Gasteiger partial charge in [-0.05, 0) is 44.9 Å². The van der Waals surface area contributed by atoms with Crippen molar-refractivity contribution in [3.63, 3.8) is 0 Å². The second-order valence-corrected chi connectivity index (χ2v) is 8.16. The maximum Gasteiger partial charge on any atom is 0.416 e. The molecule has 0 aliphatic carbocycles. The van der Waals surface area contributed by atoms with E-state index in [0.717, 1.165) is 53.7 Å². The smallest absolute Gasteiger partial charge is 0.347 e. The summed E-state index contributed by atoms with van der Waals surface area (Å²) in [5, 5.41) is 9.14. The number of alkyl halides is 3. The number of anilines is 1. The second kappa shape index (κ2) is 6.78. The maximum absolute atomic E-state index is 12.9. The Bertz CT molecular complexity index is 946. The van der Waals surface area contributed by atoms with E-state index < -0.39 is 11.7 Å². The predicted molar refractivity (Wildman–Crippen MR) is 99.2 cm³/mol. The summed E-state index contributed by atoms with van der Waals surface area (Å²) < 4.78 is 41.7. The van der Waals surface area contributed by atoms with Crippen LogP contribution in [0.5, 0.6) is 0 Å². The fourth-order valence-corrected chi connectivity index (χ4v) is 4.51. The van der Waals surface area contributed by atoms with Gasteiger partial charge in [0, 0.05) is 25.0 Å².